The molecule has 1 heterocycles. The summed E-state index contributed by atoms with van der Waals surface area (Å²) in [6.45, 7) is 0.562. The maximum atomic E-state index is 6.16. The maximum Gasteiger partial charge on any atom is 0.108 e. The molecule has 0 aliphatic heterocycles. The van der Waals surface area contributed by atoms with Crippen molar-refractivity contribution in [2.75, 3.05) is 5.73 Å². The molecule has 4 nitrogen and oxygen atoms in total. The topological polar surface area (TPSA) is 63.9 Å². The second kappa shape index (κ2) is 8.70. The summed E-state index contributed by atoms with van der Waals surface area (Å²) < 4.78 is 6.16. The zero-order chi connectivity index (χ0) is 17.5. The molecule has 0 saturated heterocycles. The lowest BCUT2D eigenvalue weighted by Crippen LogP contribution is -2.18. The lowest BCUT2D eigenvalue weighted by molar-refractivity contribution is 0.0344. The number of rotatable bonds is 8. The average molecular weight is 356 g/mol. The monoisotopic (exact) mass is 355 g/mol. The number of aryl methyl sites for hydroxylation is 1. The SMILES string of the molecule is Nc1ccc(COC(CCc2ccc(Cl)cc2)Cc2ncc[nH]2)cc1. The molecule has 0 aliphatic carbocycles. The van der Waals surface area contributed by atoms with Gasteiger partial charge in [-0.1, -0.05) is 35.9 Å². The minimum atomic E-state index is 0.0828. The first-order valence-electron chi connectivity index (χ1n) is 8.38. The molecule has 25 heavy (non-hydrogen) atoms. The molecule has 3 N–H and O–H groups in total. The van der Waals surface area contributed by atoms with E-state index in [1.54, 1.807) is 6.20 Å². The Hall–Kier alpha value is -2.30. The normalized spacial score (nSPS) is 12.2. The van der Waals surface area contributed by atoms with Crippen LogP contribution in [0.2, 0.25) is 5.02 Å². The first-order valence-corrected chi connectivity index (χ1v) is 8.75. The van der Waals surface area contributed by atoms with E-state index in [1.807, 2.05) is 42.6 Å². The highest BCUT2D eigenvalue weighted by Gasteiger charge is 2.13. The van der Waals surface area contributed by atoms with E-state index in [2.05, 4.69) is 22.1 Å². The van der Waals surface area contributed by atoms with Gasteiger partial charge in [-0.3, -0.25) is 0 Å². The van der Waals surface area contributed by atoms with E-state index in [4.69, 9.17) is 22.1 Å². The van der Waals surface area contributed by atoms with Crippen LogP contribution in [0.3, 0.4) is 0 Å². The van der Waals surface area contributed by atoms with Gasteiger partial charge in [-0.25, -0.2) is 4.98 Å². The summed E-state index contributed by atoms with van der Waals surface area (Å²) in [6.07, 6.45) is 6.30. The van der Waals surface area contributed by atoms with Crippen LogP contribution in [0.25, 0.3) is 0 Å². The highest BCUT2D eigenvalue weighted by atomic mass is 35.5. The van der Waals surface area contributed by atoms with Crippen molar-refractivity contribution in [2.45, 2.75) is 32.0 Å². The number of nitrogens with one attached hydrogen (secondary N) is 1. The summed E-state index contributed by atoms with van der Waals surface area (Å²) in [5, 5.41) is 0.760. The van der Waals surface area contributed by atoms with Crippen LogP contribution >= 0.6 is 11.6 Å². The van der Waals surface area contributed by atoms with Crippen LogP contribution in [0.15, 0.2) is 60.9 Å². The van der Waals surface area contributed by atoms with Crippen LogP contribution in [-0.2, 0) is 24.2 Å². The van der Waals surface area contributed by atoms with E-state index in [-0.39, 0.29) is 6.10 Å². The molecular formula is C20H22ClN3O. The zero-order valence-corrected chi connectivity index (χ0v) is 14.7. The summed E-state index contributed by atoms with van der Waals surface area (Å²) in [5.41, 5.74) is 8.87. The third kappa shape index (κ3) is 5.62. The standard InChI is InChI=1S/C20H22ClN3O/c21-17-6-1-15(2-7-17)5-10-19(13-20-23-11-12-24-20)25-14-16-3-8-18(22)9-4-16/h1-4,6-9,11-12,19H,5,10,13-14,22H2,(H,23,24). The molecule has 0 fully saturated rings. The fourth-order valence-electron chi connectivity index (χ4n) is 2.68. The average Bonchev–Trinajstić information content (AvgIpc) is 3.13. The van der Waals surface area contributed by atoms with Gasteiger partial charge < -0.3 is 15.5 Å². The van der Waals surface area contributed by atoms with E-state index in [0.717, 1.165) is 41.4 Å². The Morgan fingerprint density at radius 1 is 1.04 bits per heavy atom. The molecular weight excluding hydrogens is 334 g/mol. The fourth-order valence-corrected chi connectivity index (χ4v) is 2.80. The molecule has 0 amide bonds. The van der Waals surface area contributed by atoms with Crippen LogP contribution in [0.4, 0.5) is 5.69 Å². The van der Waals surface area contributed by atoms with Crippen molar-refractivity contribution in [3.8, 4) is 0 Å². The number of nitrogen functional groups attached to an aromatic ring is 1. The number of benzene rings is 2. The van der Waals surface area contributed by atoms with Crippen molar-refractivity contribution in [2.24, 2.45) is 0 Å². The molecule has 0 saturated carbocycles. The highest BCUT2D eigenvalue weighted by Crippen LogP contribution is 2.16. The quantitative estimate of drug-likeness (QED) is 0.588. The fraction of sp³-hybridized carbons (Fsp3) is 0.250. The van der Waals surface area contributed by atoms with Gasteiger partial charge in [0.25, 0.3) is 0 Å². The van der Waals surface area contributed by atoms with Gasteiger partial charge in [0.2, 0.25) is 0 Å². The van der Waals surface area contributed by atoms with Crippen molar-refractivity contribution < 1.29 is 4.74 Å². The Labute approximate surface area is 153 Å². The summed E-state index contributed by atoms with van der Waals surface area (Å²) >= 11 is 5.95. The predicted octanol–water partition coefficient (Wildman–Crippen LogP) is 4.41. The van der Waals surface area contributed by atoms with Crippen molar-refractivity contribution >= 4 is 17.3 Å². The van der Waals surface area contributed by atoms with Crippen LogP contribution < -0.4 is 5.73 Å². The first kappa shape index (κ1) is 17.5. The molecule has 0 bridgehead atoms. The van der Waals surface area contributed by atoms with Gasteiger partial charge in [0.05, 0.1) is 12.7 Å². The molecule has 1 aromatic heterocycles. The lowest BCUT2D eigenvalue weighted by Gasteiger charge is -2.17. The van der Waals surface area contributed by atoms with E-state index >= 15 is 0 Å². The van der Waals surface area contributed by atoms with Crippen LogP contribution in [0.1, 0.15) is 23.4 Å². The van der Waals surface area contributed by atoms with E-state index in [9.17, 15) is 0 Å². The third-order valence-electron chi connectivity index (χ3n) is 4.11. The van der Waals surface area contributed by atoms with Crippen LogP contribution in [-0.4, -0.2) is 16.1 Å². The van der Waals surface area contributed by atoms with E-state index in [0.29, 0.717) is 6.61 Å². The highest BCUT2D eigenvalue weighted by molar-refractivity contribution is 6.30. The Morgan fingerprint density at radius 2 is 1.76 bits per heavy atom. The number of anilines is 1. The Balaban J connectivity index is 1.59. The predicted molar refractivity (Wildman–Crippen MR) is 101 cm³/mol. The van der Waals surface area contributed by atoms with Crippen molar-refractivity contribution in [1.29, 1.82) is 0 Å². The van der Waals surface area contributed by atoms with Crippen molar-refractivity contribution in [1.82, 2.24) is 9.97 Å². The number of H-pyrrole nitrogens is 1. The number of nitrogens with two attached hydrogens (primary N) is 1. The molecule has 130 valence electrons. The minimum Gasteiger partial charge on any atom is -0.399 e. The number of hydrogen-bond donors (Lipinski definition) is 2. The second-order valence-corrected chi connectivity index (χ2v) is 6.52. The van der Waals surface area contributed by atoms with Crippen molar-refractivity contribution in [3.63, 3.8) is 0 Å². The zero-order valence-electron chi connectivity index (χ0n) is 14.0. The number of imidazole rings is 1. The molecule has 3 aromatic rings. The molecule has 2 aromatic carbocycles. The number of hydrogen-bond acceptors (Lipinski definition) is 3. The third-order valence-corrected chi connectivity index (χ3v) is 4.36. The second-order valence-electron chi connectivity index (χ2n) is 6.08. The Kier molecular flexibility index (Phi) is 6.09. The summed E-state index contributed by atoms with van der Waals surface area (Å²) in [6, 6.07) is 15.8. The van der Waals surface area contributed by atoms with Crippen molar-refractivity contribution in [3.05, 3.63) is 82.9 Å². The smallest absolute Gasteiger partial charge is 0.108 e. The lowest BCUT2D eigenvalue weighted by atomic mass is 10.0. The molecule has 0 radical (unpaired) electrons. The summed E-state index contributed by atoms with van der Waals surface area (Å²) in [5.74, 6) is 0.943. The number of nitrogens with zero attached hydrogens (tertiary/aromatic N) is 1. The maximum absolute atomic E-state index is 6.16. The van der Waals surface area contributed by atoms with Gasteiger partial charge in [-0.15, -0.1) is 0 Å². The molecule has 0 aliphatic rings. The van der Waals surface area contributed by atoms with Crippen LogP contribution in [0.5, 0.6) is 0 Å². The minimum absolute atomic E-state index is 0.0828. The first-order chi connectivity index (χ1) is 12.2. The molecule has 1 unspecified atom stereocenters. The number of ether oxygens (including phenoxy) is 1. The van der Waals surface area contributed by atoms with Gasteiger partial charge in [-0.05, 0) is 48.2 Å². The van der Waals surface area contributed by atoms with Crippen LogP contribution in [0, 0.1) is 0 Å². The van der Waals surface area contributed by atoms with E-state index < -0.39 is 0 Å². The van der Waals surface area contributed by atoms with E-state index in [1.165, 1.54) is 5.56 Å². The van der Waals surface area contributed by atoms with Gasteiger partial charge >= 0.3 is 0 Å². The van der Waals surface area contributed by atoms with Gasteiger partial charge in [0.1, 0.15) is 5.82 Å². The van der Waals surface area contributed by atoms with Gasteiger partial charge in [-0.2, -0.15) is 0 Å². The molecule has 3 rings (SSSR count). The Morgan fingerprint density at radius 3 is 2.44 bits per heavy atom. The summed E-state index contributed by atoms with van der Waals surface area (Å²) in [4.78, 5) is 7.47. The number of halogens is 1. The van der Waals surface area contributed by atoms with Gasteiger partial charge in [0.15, 0.2) is 0 Å². The Bertz CT molecular complexity index is 705. The van der Waals surface area contributed by atoms with Gasteiger partial charge in [0, 0.05) is 29.5 Å². The largest absolute Gasteiger partial charge is 0.399 e. The summed E-state index contributed by atoms with van der Waals surface area (Å²) in [7, 11) is 0. The molecule has 1 atom stereocenters. The number of aromatic nitrogens is 2. The molecule has 0 spiro atoms. The number of aromatic amines is 1. The molecule has 5 heteroatoms.